The number of nitrogens with zero attached hydrogens (tertiary/aromatic N) is 2. The predicted octanol–water partition coefficient (Wildman–Crippen LogP) is 2.33. The van der Waals surface area contributed by atoms with Crippen LogP contribution in [0.2, 0.25) is 0 Å². The lowest BCUT2D eigenvalue weighted by Gasteiger charge is -2.36. The summed E-state index contributed by atoms with van der Waals surface area (Å²) in [6.07, 6.45) is -1.71. The van der Waals surface area contributed by atoms with Crippen molar-refractivity contribution in [2.24, 2.45) is 0 Å². The summed E-state index contributed by atoms with van der Waals surface area (Å²) in [5.74, 6) is 0.0936. The second-order valence-electron chi connectivity index (χ2n) is 4.16. The highest BCUT2D eigenvalue weighted by Gasteiger charge is 2.55. The Morgan fingerprint density at radius 3 is 2.75 bits per heavy atom. The molecule has 1 aromatic heterocycles. The number of aromatic nitrogens is 1. The minimum Gasteiger partial charge on any atom is -0.482 e. The fraction of sp³-hybridized carbons (Fsp3) is 0.500. The maximum Gasteiger partial charge on any atom is 0.486 e. The van der Waals surface area contributed by atoms with Crippen molar-refractivity contribution in [1.29, 1.82) is 0 Å². The summed E-state index contributed by atoms with van der Waals surface area (Å²) in [7, 11) is 0. The molecule has 1 aromatic rings. The number of fused-ring (bicyclic) bond motifs is 1. The average Bonchev–Trinajstić information content (AvgIpc) is 2.95. The van der Waals surface area contributed by atoms with E-state index in [4.69, 9.17) is 4.74 Å². The molecule has 16 heavy (non-hydrogen) atoms. The van der Waals surface area contributed by atoms with E-state index in [1.165, 1.54) is 12.3 Å². The molecule has 0 bridgehead atoms. The van der Waals surface area contributed by atoms with E-state index in [1.807, 2.05) is 0 Å². The van der Waals surface area contributed by atoms with Gasteiger partial charge in [-0.05, 0) is 25.0 Å². The summed E-state index contributed by atoms with van der Waals surface area (Å²) in [4.78, 5) is 4.12. The molecule has 1 fully saturated rings. The molecular weight excluding hydrogens is 221 g/mol. The molecule has 0 amide bonds. The Kier molecular flexibility index (Phi) is 1.71. The number of halogens is 3. The van der Waals surface area contributed by atoms with Gasteiger partial charge in [-0.2, -0.15) is 13.2 Å². The number of rotatable bonds is 0. The molecule has 3 rings (SSSR count). The Bertz CT molecular complexity index is 428. The SMILES string of the molecule is FC(F)(F)N1CC2(CC2)Oc2cccnc21. The topological polar surface area (TPSA) is 25.4 Å². The van der Waals surface area contributed by atoms with E-state index in [2.05, 4.69) is 4.98 Å². The van der Waals surface area contributed by atoms with Gasteiger partial charge >= 0.3 is 6.30 Å². The summed E-state index contributed by atoms with van der Waals surface area (Å²) in [6.45, 7) is -0.152. The van der Waals surface area contributed by atoms with E-state index < -0.39 is 11.9 Å². The molecule has 1 saturated carbocycles. The predicted molar refractivity (Wildman–Crippen MR) is 50.2 cm³/mol. The van der Waals surface area contributed by atoms with Gasteiger partial charge in [-0.3, -0.25) is 4.90 Å². The van der Waals surface area contributed by atoms with Crippen LogP contribution in [-0.2, 0) is 0 Å². The second kappa shape index (κ2) is 2.81. The van der Waals surface area contributed by atoms with E-state index >= 15 is 0 Å². The standard InChI is InChI=1S/C10H9F3N2O/c11-10(12,13)15-6-9(3-4-9)16-7-2-1-5-14-8(7)15/h1-2,5H,3-4,6H2. The van der Waals surface area contributed by atoms with Crippen LogP contribution in [0.3, 0.4) is 0 Å². The highest BCUT2D eigenvalue weighted by atomic mass is 19.4. The first kappa shape index (κ1) is 9.74. The van der Waals surface area contributed by atoms with Crippen molar-refractivity contribution in [3.63, 3.8) is 0 Å². The van der Waals surface area contributed by atoms with Gasteiger partial charge in [0.2, 0.25) is 0 Å². The van der Waals surface area contributed by atoms with Crippen molar-refractivity contribution in [3.8, 4) is 5.75 Å². The first-order valence-corrected chi connectivity index (χ1v) is 4.99. The lowest BCUT2D eigenvalue weighted by molar-refractivity contribution is -0.136. The molecule has 1 aliphatic carbocycles. The molecule has 3 nitrogen and oxygen atoms in total. The van der Waals surface area contributed by atoms with E-state index in [0.717, 1.165) is 0 Å². The first-order valence-electron chi connectivity index (χ1n) is 4.99. The van der Waals surface area contributed by atoms with Crippen molar-refractivity contribution in [2.75, 3.05) is 11.4 Å². The Labute approximate surface area is 89.8 Å². The Morgan fingerprint density at radius 1 is 1.38 bits per heavy atom. The molecule has 0 saturated heterocycles. The quantitative estimate of drug-likeness (QED) is 0.639. The Morgan fingerprint density at radius 2 is 2.12 bits per heavy atom. The summed E-state index contributed by atoms with van der Waals surface area (Å²) >= 11 is 0. The van der Waals surface area contributed by atoms with Crippen molar-refractivity contribution in [3.05, 3.63) is 18.3 Å². The van der Waals surface area contributed by atoms with E-state index in [9.17, 15) is 13.2 Å². The third-order valence-electron chi connectivity index (χ3n) is 2.89. The smallest absolute Gasteiger partial charge is 0.482 e. The summed E-state index contributed by atoms with van der Waals surface area (Å²) in [5.41, 5.74) is -0.633. The first-order chi connectivity index (χ1) is 7.50. The lowest BCUT2D eigenvalue weighted by atomic mass is 10.2. The molecule has 86 valence electrons. The second-order valence-corrected chi connectivity index (χ2v) is 4.16. The minimum atomic E-state index is -4.40. The van der Waals surface area contributed by atoms with Crippen molar-refractivity contribution in [2.45, 2.75) is 24.7 Å². The van der Waals surface area contributed by atoms with Gasteiger partial charge < -0.3 is 4.74 Å². The summed E-state index contributed by atoms with van der Waals surface area (Å²) < 4.78 is 44.0. The molecule has 6 heteroatoms. The molecule has 0 atom stereocenters. The van der Waals surface area contributed by atoms with Crippen LogP contribution in [0.5, 0.6) is 5.75 Å². The van der Waals surface area contributed by atoms with Gasteiger partial charge in [0.05, 0.1) is 6.54 Å². The molecule has 1 spiro atoms. The molecule has 2 aliphatic rings. The number of anilines is 1. The average molecular weight is 230 g/mol. The minimum absolute atomic E-state index is 0.132. The highest BCUT2D eigenvalue weighted by molar-refractivity contribution is 5.56. The lowest BCUT2D eigenvalue weighted by Crippen LogP contribution is -2.49. The van der Waals surface area contributed by atoms with E-state index in [-0.39, 0.29) is 18.1 Å². The molecule has 0 aromatic carbocycles. The number of hydrogen-bond donors (Lipinski definition) is 0. The van der Waals surface area contributed by atoms with Crippen LogP contribution in [0.4, 0.5) is 19.0 Å². The summed E-state index contributed by atoms with van der Waals surface area (Å²) in [5, 5.41) is 0. The van der Waals surface area contributed by atoms with E-state index in [1.54, 1.807) is 6.07 Å². The highest BCUT2D eigenvalue weighted by Crippen LogP contribution is 2.49. The molecule has 1 aliphatic heterocycles. The van der Waals surface area contributed by atoms with Crippen LogP contribution in [0.25, 0.3) is 0 Å². The number of ether oxygens (including phenoxy) is 1. The van der Waals surface area contributed by atoms with Crippen molar-refractivity contribution >= 4 is 5.82 Å². The molecular formula is C10H9F3N2O. The number of pyridine rings is 1. The maximum atomic E-state index is 12.8. The Hall–Kier alpha value is -1.46. The fourth-order valence-corrected chi connectivity index (χ4v) is 1.90. The van der Waals surface area contributed by atoms with Crippen LogP contribution < -0.4 is 9.64 Å². The molecule has 2 heterocycles. The third-order valence-corrected chi connectivity index (χ3v) is 2.89. The van der Waals surface area contributed by atoms with E-state index in [0.29, 0.717) is 17.7 Å². The number of hydrogen-bond acceptors (Lipinski definition) is 3. The molecule has 0 unspecified atom stereocenters. The monoisotopic (exact) mass is 230 g/mol. The van der Waals surface area contributed by atoms with Gasteiger partial charge in [-0.1, -0.05) is 0 Å². The fourth-order valence-electron chi connectivity index (χ4n) is 1.90. The van der Waals surface area contributed by atoms with Crippen LogP contribution in [-0.4, -0.2) is 23.4 Å². The van der Waals surface area contributed by atoms with Gasteiger partial charge in [0.1, 0.15) is 5.60 Å². The number of alkyl halides is 3. The van der Waals surface area contributed by atoms with Gasteiger partial charge in [-0.25, -0.2) is 4.98 Å². The van der Waals surface area contributed by atoms with Crippen molar-refractivity contribution < 1.29 is 17.9 Å². The van der Waals surface area contributed by atoms with Crippen molar-refractivity contribution in [1.82, 2.24) is 4.98 Å². The zero-order valence-electron chi connectivity index (χ0n) is 8.29. The van der Waals surface area contributed by atoms with Gasteiger partial charge in [0.15, 0.2) is 11.6 Å². The Balaban J connectivity index is 2.06. The van der Waals surface area contributed by atoms with Gasteiger partial charge in [0, 0.05) is 6.20 Å². The maximum absolute atomic E-state index is 12.8. The summed E-state index contributed by atoms with van der Waals surface area (Å²) in [6, 6.07) is 3.11. The van der Waals surface area contributed by atoms with Gasteiger partial charge in [-0.15, -0.1) is 0 Å². The zero-order chi connectivity index (χ0) is 11.4. The van der Waals surface area contributed by atoms with Crippen LogP contribution in [0.15, 0.2) is 18.3 Å². The largest absolute Gasteiger partial charge is 0.486 e. The third kappa shape index (κ3) is 1.40. The van der Waals surface area contributed by atoms with Crippen LogP contribution in [0.1, 0.15) is 12.8 Å². The zero-order valence-corrected chi connectivity index (χ0v) is 8.29. The molecule has 0 radical (unpaired) electrons. The van der Waals surface area contributed by atoms with Crippen LogP contribution >= 0.6 is 0 Å². The van der Waals surface area contributed by atoms with Crippen LogP contribution in [0, 0.1) is 0 Å². The van der Waals surface area contributed by atoms with Gasteiger partial charge in [0.25, 0.3) is 0 Å². The molecule has 0 N–H and O–H groups in total. The normalized spacial score (nSPS) is 21.6.